The molecule has 1 amide bonds. The summed E-state index contributed by atoms with van der Waals surface area (Å²) >= 11 is 0. The van der Waals surface area contributed by atoms with Crippen molar-refractivity contribution in [2.45, 2.75) is 64.1 Å². The maximum absolute atomic E-state index is 13.3. The second kappa shape index (κ2) is 10.8. The second-order valence-electron chi connectivity index (χ2n) is 9.82. The van der Waals surface area contributed by atoms with Gasteiger partial charge in [0.25, 0.3) is 0 Å². The number of hydrogen-bond donors (Lipinski definition) is 3. The number of aliphatic hydroxyl groups excluding tert-OH is 1. The lowest BCUT2D eigenvalue weighted by Crippen LogP contribution is -2.52. The van der Waals surface area contributed by atoms with Crippen LogP contribution >= 0.6 is 0 Å². The molecule has 3 aromatic rings. The third-order valence-electron chi connectivity index (χ3n) is 6.06. The van der Waals surface area contributed by atoms with Gasteiger partial charge in [-0.1, -0.05) is 75.7 Å². The fourth-order valence-corrected chi connectivity index (χ4v) is 5.27. The number of amides is 1. The Balaban J connectivity index is 1.80. The zero-order valence-corrected chi connectivity index (χ0v) is 21.6. The zero-order valence-electron chi connectivity index (χ0n) is 20.8. The van der Waals surface area contributed by atoms with Gasteiger partial charge < -0.3 is 10.4 Å². The summed E-state index contributed by atoms with van der Waals surface area (Å²) in [5.41, 5.74) is 2.19. The van der Waals surface area contributed by atoms with Crippen LogP contribution in [0.5, 0.6) is 0 Å². The summed E-state index contributed by atoms with van der Waals surface area (Å²) in [6.45, 7) is 9.32. The van der Waals surface area contributed by atoms with Crippen molar-refractivity contribution in [2.24, 2.45) is 11.8 Å². The Kier molecular flexibility index (Phi) is 8.30. The van der Waals surface area contributed by atoms with Gasteiger partial charge in [0.1, 0.15) is 12.1 Å². The highest BCUT2D eigenvalue weighted by Crippen LogP contribution is 2.33. The van der Waals surface area contributed by atoms with Gasteiger partial charge >= 0.3 is 0 Å². The van der Waals surface area contributed by atoms with E-state index in [1.165, 1.54) is 12.1 Å². The molecule has 0 bridgehead atoms. The summed E-state index contributed by atoms with van der Waals surface area (Å²) < 4.78 is 28.5. The molecule has 0 spiro atoms. The average Bonchev–Trinajstić information content (AvgIpc) is 3.47. The van der Waals surface area contributed by atoms with E-state index in [0.29, 0.717) is 5.56 Å². The Labute approximate surface area is 207 Å². The van der Waals surface area contributed by atoms with Gasteiger partial charge in [-0.05, 0) is 42.9 Å². The van der Waals surface area contributed by atoms with E-state index in [4.69, 9.17) is 0 Å². The molecule has 0 unspecified atom stereocenters. The molecular formula is C27H34N2O5S. The quantitative estimate of drug-likeness (QED) is 0.375. The Morgan fingerprint density at radius 1 is 0.971 bits per heavy atom. The zero-order chi connectivity index (χ0) is 25.9. The minimum atomic E-state index is -3.94. The number of rotatable bonds is 11. The SMILES string of the molecule is Cc1ccc(S(=O)(=O)N[C@@H](CC(C)C)C(=O)N[C@@H](C(C)C)[C@@H](O)c2c(-c3ccccc3)c2=O)cc1. The van der Waals surface area contributed by atoms with Gasteiger partial charge in [-0.15, -0.1) is 0 Å². The van der Waals surface area contributed by atoms with Crippen molar-refractivity contribution in [3.63, 3.8) is 0 Å². The van der Waals surface area contributed by atoms with Crippen LogP contribution in [0.4, 0.5) is 0 Å². The van der Waals surface area contributed by atoms with Gasteiger partial charge in [0.15, 0.2) is 5.43 Å². The Morgan fingerprint density at radius 2 is 1.57 bits per heavy atom. The summed E-state index contributed by atoms with van der Waals surface area (Å²) in [6.07, 6.45) is -0.926. The smallest absolute Gasteiger partial charge is 0.241 e. The highest BCUT2D eigenvalue weighted by atomic mass is 32.2. The molecule has 3 aromatic carbocycles. The summed E-state index contributed by atoms with van der Waals surface area (Å²) in [5.74, 6) is -0.714. The molecule has 188 valence electrons. The number of aryl methyl sites for hydroxylation is 1. The van der Waals surface area contributed by atoms with Crippen molar-refractivity contribution < 1.29 is 18.3 Å². The monoisotopic (exact) mass is 498 g/mol. The predicted molar refractivity (Wildman–Crippen MR) is 137 cm³/mol. The molecule has 35 heavy (non-hydrogen) atoms. The van der Waals surface area contributed by atoms with E-state index in [-0.39, 0.29) is 34.1 Å². The van der Waals surface area contributed by atoms with Crippen LogP contribution in [0, 0.1) is 18.8 Å². The molecule has 0 fully saturated rings. The standard InChI is InChI=1S/C27H34N2O5S/c1-16(2)15-21(29-35(33,34)20-13-11-18(5)12-14-20)27(32)28-24(17(3)4)26(31)23-22(25(23)30)19-9-7-6-8-10-19/h6-14,16-17,21,24,26,29,31H,15H2,1-5H3,(H,28,32)/t21-,24-,26-/m0/s1. The number of aliphatic hydroxyl groups is 1. The lowest BCUT2D eigenvalue weighted by atomic mass is 9.95. The maximum Gasteiger partial charge on any atom is 0.241 e. The fraction of sp³-hybridized carbons (Fsp3) is 0.407. The topological polar surface area (TPSA) is 113 Å². The van der Waals surface area contributed by atoms with Gasteiger partial charge in [0.05, 0.1) is 10.9 Å². The first-order valence-electron chi connectivity index (χ1n) is 11.8. The molecule has 0 radical (unpaired) electrons. The van der Waals surface area contributed by atoms with Gasteiger partial charge in [-0.2, -0.15) is 4.72 Å². The Morgan fingerprint density at radius 3 is 2.11 bits per heavy atom. The molecule has 0 heterocycles. The molecule has 3 rings (SSSR count). The molecule has 0 aliphatic rings. The van der Waals surface area contributed by atoms with Crippen molar-refractivity contribution in [1.82, 2.24) is 10.0 Å². The molecule has 0 saturated carbocycles. The van der Waals surface area contributed by atoms with Gasteiger partial charge in [0, 0.05) is 11.1 Å². The number of nitrogens with one attached hydrogen (secondary N) is 2. The van der Waals surface area contributed by atoms with Crippen molar-refractivity contribution in [1.29, 1.82) is 0 Å². The van der Waals surface area contributed by atoms with E-state index < -0.39 is 34.1 Å². The van der Waals surface area contributed by atoms with Crippen LogP contribution in [-0.4, -0.2) is 31.5 Å². The van der Waals surface area contributed by atoms with Crippen LogP contribution in [-0.2, 0) is 14.8 Å². The highest BCUT2D eigenvalue weighted by Gasteiger charge is 2.38. The van der Waals surface area contributed by atoms with Crippen molar-refractivity contribution in [2.75, 3.05) is 0 Å². The van der Waals surface area contributed by atoms with Crippen molar-refractivity contribution >= 4 is 15.9 Å². The lowest BCUT2D eigenvalue weighted by Gasteiger charge is -2.29. The highest BCUT2D eigenvalue weighted by molar-refractivity contribution is 7.89. The summed E-state index contributed by atoms with van der Waals surface area (Å²) in [7, 11) is -3.94. The van der Waals surface area contributed by atoms with Gasteiger partial charge in [0.2, 0.25) is 15.9 Å². The lowest BCUT2D eigenvalue weighted by molar-refractivity contribution is -0.125. The Bertz CT molecular complexity index is 1260. The summed E-state index contributed by atoms with van der Waals surface area (Å²) in [6, 6.07) is 13.7. The predicted octanol–water partition coefficient (Wildman–Crippen LogP) is 3.47. The molecular weight excluding hydrogens is 464 g/mol. The van der Waals surface area contributed by atoms with Crippen LogP contribution < -0.4 is 15.5 Å². The normalized spacial score (nSPS) is 14.9. The third-order valence-corrected chi connectivity index (χ3v) is 7.54. The number of carbonyl (C=O) groups is 1. The van der Waals surface area contributed by atoms with E-state index in [1.54, 1.807) is 24.3 Å². The van der Waals surface area contributed by atoms with Gasteiger partial charge in [-0.3, -0.25) is 9.59 Å². The number of benzene rings is 2. The third kappa shape index (κ3) is 6.45. The molecule has 0 aromatic heterocycles. The second-order valence-corrected chi connectivity index (χ2v) is 11.5. The van der Waals surface area contributed by atoms with Crippen LogP contribution in [0.25, 0.3) is 11.1 Å². The molecule has 7 nitrogen and oxygen atoms in total. The number of sulfonamides is 1. The fourth-order valence-electron chi connectivity index (χ4n) is 4.06. The number of hydrogen-bond acceptors (Lipinski definition) is 5. The van der Waals surface area contributed by atoms with Crippen LogP contribution in [0.3, 0.4) is 0 Å². The molecule has 3 N–H and O–H groups in total. The average molecular weight is 499 g/mol. The van der Waals surface area contributed by atoms with E-state index in [1.807, 2.05) is 52.8 Å². The van der Waals surface area contributed by atoms with Crippen molar-refractivity contribution in [3.8, 4) is 11.1 Å². The summed E-state index contributed by atoms with van der Waals surface area (Å²) in [5, 5.41) is 13.9. The largest absolute Gasteiger partial charge is 0.386 e. The van der Waals surface area contributed by atoms with Gasteiger partial charge in [-0.25, -0.2) is 8.42 Å². The maximum atomic E-state index is 13.3. The van der Waals surface area contributed by atoms with E-state index >= 15 is 0 Å². The molecule has 0 aliphatic carbocycles. The van der Waals surface area contributed by atoms with Crippen LogP contribution in [0.1, 0.15) is 51.3 Å². The first kappa shape index (κ1) is 26.8. The minimum absolute atomic E-state index is 0.0336. The number of carbonyl (C=O) groups excluding carboxylic acids is 1. The molecule has 8 heteroatoms. The van der Waals surface area contributed by atoms with E-state index in [9.17, 15) is 23.1 Å². The van der Waals surface area contributed by atoms with Crippen molar-refractivity contribution in [3.05, 3.63) is 75.9 Å². The Hall–Kier alpha value is -2.81. The van der Waals surface area contributed by atoms with E-state index in [2.05, 4.69) is 10.0 Å². The first-order chi connectivity index (χ1) is 16.4. The van der Waals surface area contributed by atoms with Crippen LogP contribution in [0.15, 0.2) is 64.3 Å². The first-order valence-corrected chi connectivity index (χ1v) is 13.3. The molecule has 0 saturated heterocycles. The van der Waals surface area contributed by atoms with Crippen LogP contribution in [0.2, 0.25) is 0 Å². The summed E-state index contributed by atoms with van der Waals surface area (Å²) in [4.78, 5) is 25.8. The minimum Gasteiger partial charge on any atom is -0.386 e. The van der Waals surface area contributed by atoms with E-state index in [0.717, 1.165) is 11.1 Å². The molecule has 0 aliphatic heterocycles. The molecule has 3 atom stereocenters.